The Morgan fingerprint density at radius 2 is 2.14 bits per heavy atom. The molecule has 21 heavy (non-hydrogen) atoms. The Kier molecular flexibility index (Phi) is 3.44. The number of benzene rings is 1. The molecule has 0 spiro atoms. The van der Waals surface area contributed by atoms with Crippen LogP contribution in [0.1, 0.15) is 11.3 Å². The monoisotopic (exact) mass is 399 g/mol. The van der Waals surface area contributed by atoms with Gasteiger partial charge in [-0.3, -0.25) is 14.5 Å². The predicted octanol–water partition coefficient (Wildman–Crippen LogP) is 2.30. The van der Waals surface area contributed by atoms with Crippen LogP contribution in [0.2, 0.25) is 0 Å². The zero-order chi connectivity index (χ0) is 15.1. The van der Waals surface area contributed by atoms with Gasteiger partial charge in [0.15, 0.2) is 17.2 Å². The van der Waals surface area contributed by atoms with Gasteiger partial charge in [0.25, 0.3) is 5.56 Å². The SMILES string of the molecule is Cn1c(=O)ccc2c(Cc3ccc(I)c(O)c3F)[nH]nc21. The molecule has 2 heterocycles. The van der Waals surface area contributed by atoms with Gasteiger partial charge in [-0.1, -0.05) is 6.07 Å². The van der Waals surface area contributed by atoms with Gasteiger partial charge < -0.3 is 5.11 Å². The predicted molar refractivity (Wildman–Crippen MR) is 84.9 cm³/mol. The number of nitrogens with zero attached hydrogens (tertiary/aromatic N) is 2. The molecule has 7 heteroatoms. The van der Waals surface area contributed by atoms with E-state index in [2.05, 4.69) is 10.2 Å². The van der Waals surface area contributed by atoms with Crippen molar-refractivity contribution in [2.45, 2.75) is 6.42 Å². The van der Waals surface area contributed by atoms with Crippen LogP contribution < -0.4 is 5.56 Å². The van der Waals surface area contributed by atoms with E-state index in [0.717, 1.165) is 5.39 Å². The zero-order valence-electron chi connectivity index (χ0n) is 11.0. The Bertz CT molecular complexity index is 901. The van der Waals surface area contributed by atoms with Crippen molar-refractivity contribution in [1.82, 2.24) is 14.8 Å². The van der Waals surface area contributed by atoms with E-state index < -0.39 is 5.82 Å². The summed E-state index contributed by atoms with van der Waals surface area (Å²) in [5, 5.41) is 17.3. The lowest BCUT2D eigenvalue weighted by Gasteiger charge is -2.05. The van der Waals surface area contributed by atoms with Crippen molar-refractivity contribution in [1.29, 1.82) is 0 Å². The van der Waals surface area contributed by atoms with Gasteiger partial charge in [-0.05, 0) is 40.3 Å². The highest BCUT2D eigenvalue weighted by atomic mass is 127. The molecule has 5 nitrogen and oxygen atoms in total. The molecule has 3 aromatic rings. The van der Waals surface area contributed by atoms with Crippen molar-refractivity contribution >= 4 is 33.6 Å². The highest BCUT2D eigenvalue weighted by molar-refractivity contribution is 14.1. The van der Waals surface area contributed by atoms with Crippen LogP contribution in [0.5, 0.6) is 5.75 Å². The minimum atomic E-state index is -0.630. The van der Waals surface area contributed by atoms with Gasteiger partial charge in [-0.25, -0.2) is 4.39 Å². The summed E-state index contributed by atoms with van der Waals surface area (Å²) in [6.45, 7) is 0. The van der Waals surface area contributed by atoms with Crippen molar-refractivity contribution in [3.63, 3.8) is 0 Å². The summed E-state index contributed by atoms with van der Waals surface area (Å²) in [7, 11) is 1.63. The summed E-state index contributed by atoms with van der Waals surface area (Å²) in [5.41, 5.74) is 1.43. The summed E-state index contributed by atoms with van der Waals surface area (Å²) in [6.07, 6.45) is 0.255. The second kappa shape index (κ2) is 5.14. The molecule has 0 aliphatic carbocycles. The lowest BCUT2D eigenvalue weighted by Crippen LogP contribution is -2.15. The second-order valence-corrected chi connectivity index (χ2v) is 5.88. The molecule has 0 saturated heterocycles. The first-order valence-electron chi connectivity index (χ1n) is 6.18. The molecule has 0 radical (unpaired) electrons. The number of aromatic amines is 1. The molecule has 108 valence electrons. The first-order chi connectivity index (χ1) is 9.99. The maximum atomic E-state index is 14.1. The minimum absolute atomic E-state index is 0.154. The maximum absolute atomic E-state index is 14.1. The standard InChI is InChI=1S/C14H11FIN3O2/c1-19-11(20)5-3-8-10(17-18-14(8)19)6-7-2-4-9(16)13(21)12(7)15/h2-5,21H,6H2,1H3,(H,17,18). The quantitative estimate of drug-likeness (QED) is 0.650. The van der Waals surface area contributed by atoms with E-state index in [9.17, 15) is 14.3 Å². The van der Waals surface area contributed by atoms with Crippen molar-refractivity contribution in [2.24, 2.45) is 7.05 Å². The Morgan fingerprint density at radius 3 is 2.90 bits per heavy atom. The number of pyridine rings is 1. The summed E-state index contributed by atoms with van der Waals surface area (Å²) < 4.78 is 15.9. The van der Waals surface area contributed by atoms with E-state index in [4.69, 9.17) is 0 Å². The topological polar surface area (TPSA) is 70.9 Å². The number of hydrogen-bond acceptors (Lipinski definition) is 3. The Labute approximate surface area is 132 Å². The van der Waals surface area contributed by atoms with Gasteiger partial charge in [-0.2, -0.15) is 5.10 Å². The number of H-pyrrole nitrogens is 1. The average molecular weight is 399 g/mol. The van der Waals surface area contributed by atoms with Crippen LogP contribution in [0.15, 0.2) is 29.1 Å². The van der Waals surface area contributed by atoms with Gasteiger partial charge in [-0.15, -0.1) is 0 Å². The molecule has 2 N–H and O–H groups in total. The van der Waals surface area contributed by atoms with Gasteiger partial charge in [0.2, 0.25) is 0 Å². The van der Waals surface area contributed by atoms with Gasteiger partial charge in [0.1, 0.15) is 0 Å². The van der Waals surface area contributed by atoms with Crippen LogP contribution in [-0.2, 0) is 13.5 Å². The Balaban J connectivity index is 2.09. The van der Waals surface area contributed by atoms with Crippen LogP contribution in [0.4, 0.5) is 4.39 Å². The average Bonchev–Trinajstić information content (AvgIpc) is 2.87. The van der Waals surface area contributed by atoms with E-state index in [1.807, 2.05) is 22.6 Å². The first kappa shape index (κ1) is 14.1. The van der Waals surface area contributed by atoms with E-state index in [0.29, 0.717) is 20.5 Å². The zero-order valence-corrected chi connectivity index (χ0v) is 13.2. The molecule has 0 aliphatic rings. The fourth-order valence-corrected chi connectivity index (χ4v) is 2.64. The molecule has 0 unspecified atom stereocenters. The van der Waals surface area contributed by atoms with Crippen LogP contribution in [-0.4, -0.2) is 19.9 Å². The number of aromatic nitrogens is 3. The third-order valence-corrected chi connectivity index (χ3v) is 4.29. The number of hydrogen-bond donors (Lipinski definition) is 2. The number of halogens is 2. The van der Waals surface area contributed by atoms with Crippen molar-refractivity contribution in [2.75, 3.05) is 0 Å². The molecule has 0 aliphatic heterocycles. The lowest BCUT2D eigenvalue weighted by atomic mass is 10.1. The molecule has 0 bridgehead atoms. The first-order valence-corrected chi connectivity index (χ1v) is 7.25. The summed E-state index contributed by atoms with van der Waals surface area (Å²) in [5.74, 6) is -0.973. The Hall–Kier alpha value is -1.90. The van der Waals surface area contributed by atoms with Crippen LogP contribution in [0.25, 0.3) is 11.0 Å². The van der Waals surface area contributed by atoms with Crippen LogP contribution in [0, 0.1) is 9.39 Å². The van der Waals surface area contributed by atoms with E-state index >= 15 is 0 Å². The molecule has 0 atom stereocenters. The van der Waals surface area contributed by atoms with Crippen LogP contribution >= 0.6 is 22.6 Å². The molecule has 0 amide bonds. The third kappa shape index (κ3) is 2.31. The largest absolute Gasteiger partial charge is 0.504 e. The summed E-state index contributed by atoms with van der Waals surface area (Å²) in [6, 6.07) is 6.40. The third-order valence-electron chi connectivity index (χ3n) is 3.42. The molecule has 0 fully saturated rings. The highest BCUT2D eigenvalue weighted by Gasteiger charge is 2.15. The number of nitrogens with one attached hydrogen (secondary N) is 1. The molecule has 2 aromatic heterocycles. The smallest absolute Gasteiger partial charge is 0.251 e. The molecule has 3 rings (SSSR count). The minimum Gasteiger partial charge on any atom is -0.504 e. The molecular formula is C14H11FIN3O2. The van der Waals surface area contributed by atoms with Crippen molar-refractivity contribution in [3.05, 3.63) is 55.3 Å². The maximum Gasteiger partial charge on any atom is 0.251 e. The molecule has 1 aromatic carbocycles. The normalized spacial score (nSPS) is 11.2. The number of phenols is 1. The number of fused-ring (bicyclic) bond motifs is 1. The fraction of sp³-hybridized carbons (Fsp3) is 0.143. The lowest BCUT2D eigenvalue weighted by molar-refractivity contribution is 0.425. The highest BCUT2D eigenvalue weighted by Crippen LogP contribution is 2.28. The van der Waals surface area contributed by atoms with Gasteiger partial charge in [0, 0.05) is 30.6 Å². The molecule has 0 saturated carbocycles. The molecular weight excluding hydrogens is 388 g/mol. The van der Waals surface area contributed by atoms with Gasteiger partial charge >= 0.3 is 0 Å². The number of rotatable bonds is 2. The van der Waals surface area contributed by atoms with Crippen LogP contribution in [0.3, 0.4) is 0 Å². The van der Waals surface area contributed by atoms with E-state index in [1.54, 1.807) is 25.2 Å². The van der Waals surface area contributed by atoms with Gasteiger partial charge in [0.05, 0.1) is 3.57 Å². The summed E-state index contributed by atoms with van der Waals surface area (Å²) >= 11 is 1.87. The summed E-state index contributed by atoms with van der Waals surface area (Å²) in [4.78, 5) is 11.6. The fourth-order valence-electron chi connectivity index (χ4n) is 2.22. The van der Waals surface area contributed by atoms with Crippen molar-refractivity contribution < 1.29 is 9.50 Å². The van der Waals surface area contributed by atoms with E-state index in [-0.39, 0.29) is 17.7 Å². The Morgan fingerprint density at radius 1 is 1.38 bits per heavy atom. The number of aromatic hydroxyl groups is 1. The van der Waals surface area contributed by atoms with E-state index in [1.165, 1.54) is 10.6 Å². The van der Waals surface area contributed by atoms with Crippen molar-refractivity contribution in [3.8, 4) is 5.75 Å². The number of aryl methyl sites for hydroxylation is 1. The second-order valence-electron chi connectivity index (χ2n) is 4.72. The number of phenolic OH excluding ortho intramolecular Hbond substituents is 1.